The van der Waals surface area contributed by atoms with Crippen molar-refractivity contribution in [1.29, 1.82) is 0 Å². The predicted molar refractivity (Wildman–Crippen MR) is 103 cm³/mol. The first-order valence-electron chi connectivity index (χ1n) is 8.44. The molecule has 4 rings (SSSR count). The molecule has 0 atom stereocenters. The smallest absolute Gasteiger partial charge is 0.228 e. The van der Waals surface area contributed by atoms with E-state index >= 15 is 0 Å². The molecule has 0 N–H and O–H groups in total. The molecule has 0 fully saturated rings. The molecule has 0 aliphatic carbocycles. The Morgan fingerprint density at radius 2 is 1.46 bits per heavy atom. The average molecular weight is 342 g/mol. The minimum atomic E-state index is -0.0972. The number of carbonyl (C=O) groups excluding carboxylic acids is 1. The fraction of sp³-hybridized carbons (Fsp3) is 0.0870. The van der Waals surface area contributed by atoms with Crippen LogP contribution in [0.2, 0.25) is 0 Å². The molecule has 0 saturated carbocycles. The Hall–Kier alpha value is -3.33. The van der Waals surface area contributed by atoms with Crippen LogP contribution in [0, 0.1) is 6.92 Å². The highest BCUT2D eigenvalue weighted by Gasteiger charge is 2.19. The van der Waals surface area contributed by atoms with Crippen LogP contribution >= 0.6 is 0 Å². The molecular formula is C23H18O3. The van der Waals surface area contributed by atoms with Gasteiger partial charge in [0.2, 0.25) is 5.78 Å². The average Bonchev–Trinajstić information content (AvgIpc) is 3.04. The molecule has 0 aliphatic rings. The molecule has 0 amide bonds. The predicted octanol–water partition coefficient (Wildman–Crippen LogP) is 5.65. The van der Waals surface area contributed by atoms with Crippen LogP contribution in [-0.4, -0.2) is 12.9 Å². The summed E-state index contributed by atoms with van der Waals surface area (Å²) in [4.78, 5) is 12.9. The molecule has 1 aromatic heterocycles. The maximum Gasteiger partial charge on any atom is 0.228 e. The number of hydrogen-bond donors (Lipinski definition) is 0. The molecule has 0 bridgehead atoms. The van der Waals surface area contributed by atoms with Crippen molar-refractivity contribution in [2.75, 3.05) is 7.11 Å². The second kappa shape index (κ2) is 6.52. The lowest BCUT2D eigenvalue weighted by Gasteiger charge is -2.05. The molecule has 0 unspecified atom stereocenters. The molecular weight excluding hydrogens is 324 g/mol. The molecule has 0 radical (unpaired) electrons. The Kier molecular flexibility index (Phi) is 4.05. The van der Waals surface area contributed by atoms with Crippen molar-refractivity contribution >= 4 is 16.8 Å². The lowest BCUT2D eigenvalue weighted by Crippen LogP contribution is -2.01. The van der Waals surface area contributed by atoms with Gasteiger partial charge in [-0.05, 0) is 36.2 Å². The monoisotopic (exact) mass is 342 g/mol. The molecule has 1 heterocycles. The van der Waals surface area contributed by atoms with Gasteiger partial charge < -0.3 is 9.15 Å². The van der Waals surface area contributed by atoms with Crippen LogP contribution in [0.15, 0.2) is 77.2 Å². The minimum absolute atomic E-state index is 0.0972. The van der Waals surface area contributed by atoms with Gasteiger partial charge in [0, 0.05) is 16.5 Å². The Morgan fingerprint density at radius 1 is 0.846 bits per heavy atom. The van der Waals surface area contributed by atoms with Crippen LogP contribution in [-0.2, 0) is 0 Å². The van der Waals surface area contributed by atoms with Gasteiger partial charge in [-0.25, -0.2) is 0 Å². The van der Waals surface area contributed by atoms with Crippen LogP contribution < -0.4 is 4.74 Å². The Balaban J connectivity index is 1.65. The van der Waals surface area contributed by atoms with Gasteiger partial charge in [-0.3, -0.25) is 4.79 Å². The maximum atomic E-state index is 12.9. The summed E-state index contributed by atoms with van der Waals surface area (Å²) in [5, 5.41) is 0.978. The van der Waals surface area contributed by atoms with E-state index in [1.54, 1.807) is 7.11 Å². The summed E-state index contributed by atoms with van der Waals surface area (Å²) in [7, 11) is 1.65. The third-order valence-electron chi connectivity index (χ3n) is 4.62. The highest BCUT2D eigenvalue weighted by Crippen LogP contribution is 2.28. The molecule has 4 aromatic rings. The zero-order valence-electron chi connectivity index (χ0n) is 14.7. The van der Waals surface area contributed by atoms with Gasteiger partial charge in [-0.2, -0.15) is 0 Å². The Morgan fingerprint density at radius 3 is 2.08 bits per heavy atom. The number of carbonyl (C=O) groups is 1. The van der Waals surface area contributed by atoms with Gasteiger partial charge >= 0.3 is 0 Å². The number of ether oxygens (including phenoxy) is 1. The largest absolute Gasteiger partial charge is 0.497 e. The van der Waals surface area contributed by atoms with Crippen LogP contribution in [0.4, 0.5) is 0 Å². The van der Waals surface area contributed by atoms with E-state index in [2.05, 4.69) is 0 Å². The SMILES string of the molecule is COc1ccc(-c2ccc(C(=O)c3oc4ccccc4c3C)cc2)cc1. The van der Waals surface area contributed by atoms with Gasteiger partial charge in [0.1, 0.15) is 11.3 Å². The number of furan rings is 1. The van der Waals surface area contributed by atoms with E-state index in [1.165, 1.54) is 0 Å². The molecule has 0 aliphatic heterocycles. The van der Waals surface area contributed by atoms with E-state index in [0.717, 1.165) is 33.4 Å². The fourth-order valence-electron chi connectivity index (χ4n) is 3.12. The number of benzene rings is 3. The van der Waals surface area contributed by atoms with Crippen molar-refractivity contribution in [3.8, 4) is 16.9 Å². The number of para-hydroxylation sites is 1. The zero-order chi connectivity index (χ0) is 18.1. The molecule has 26 heavy (non-hydrogen) atoms. The fourth-order valence-corrected chi connectivity index (χ4v) is 3.12. The van der Waals surface area contributed by atoms with Crippen molar-refractivity contribution in [3.63, 3.8) is 0 Å². The third-order valence-corrected chi connectivity index (χ3v) is 4.62. The van der Waals surface area contributed by atoms with E-state index in [0.29, 0.717) is 11.3 Å². The quantitative estimate of drug-likeness (QED) is 0.450. The molecule has 128 valence electrons. The zero-order valence-corrected chi connectivity index (χ0v) is 14.7. The van der Waals surface area contributed by atoms with Crippen molar-refractivity contribution in [3.05, 3.63) is 89.7 Å². The highest BCUT2D eigenvalue weighted by atomic mass is 16.5. The first-order chi connectivity index (χ1) is 12.7. The topological polar surface area (TPSA) is 39.4 Å². The molecule has 3 nitrogen and oxygen atoms in total. The van der Waals surface area contributed by atoms with E-state index in [4.69, 9.17) is 9.15 Å². The number of fused-ring (bicyclic) bond motifs is 1. The summed E-state index contributed by atoms with van der Waals surface area (Å²) in [6.07, 6.45) is 0. The van der Waals surface area contributed by atoms with Gasteiger partial charge in [-0.1, -0.05) is 54.6 Å². The van der Waals surface area contributed by atoms with Crippen molar-refractivity contribution in [2.24, 2.45) is 0 Å². The van der Waals surface area contributed by atoms with E-state index < -0.39 is 0 Å². The van der Waals surface area contributed by atoms with Gasteiger partial charge in [0.15, 0.2) is 5.76 Å². The molecule has 0 spiro atoms. The Bertz CT molecular complexity index is 1070. The van der Waals surface area contributed by atoms with Crippen LogP contribution in [0.25, 0.3) is 22.1 Å². The van der Waals surface area contributed by atoms with Gasteiger partial charge in [0.25, 0.3) is 0 Å². The first-order valence-corrected chi connectivity index (χ1v) is 8.44. The molecule has 3 aromatic carbocycles. The number of ketones is 1. The normalized spacial score (nSPS) is 10.8. The summed E-state index contributed by atoms with van der Waals surface area (Å²) in [6, 6.07) is 23.1. The van der Waals surface area contributed by atoms with E-state index in [-0.39, 0.29) is 5.78 Å². The first kappa shape index (κ1) is 16.2. The summed E-state index contributed by atoms with van der Waals surface area (Å²) < 4.78 is 11.0. The van der Waals surface area contributed by atoms with Gasteiger partial charge in [0.05, 0.1) is 7.11 Å². The summed E-state index contributed by atoms with van der Waals surface area (Å²) >= 11 is 0. The number of methoxy groups -OCH3 is 1. The van der Waals surface area contributed by atoms with E-state index in [1.807, 2.05) is 79.7 Å². The second-order valence-corrected chi connectivity index (χ2v) is 6.19. The van der Waals surface area contributed by atoms with Gasteiger partial charge in [-0.15, -0.1) is 0 Å². The van der Waals surface area contributed by atoms with Crippen LogP contribution in [0.1, 0.15) is 21.7 Å². The minimum Gasteiger partial charge on any atom is -0.497 e. The summed E-state index contributed by atoms with van der Waals surface area (Å²) in [5.41, 5.74) is 4.35. The van der Waals surface area contributed by atoms with Crippen molar-refractivity contribution in [1.82, 2.24) is 0 Å². The second-order valence-electron chi connectivity index (χ2n) is 6.19. The standard InChI is InChI=1S/C23H18O3/c1-15-20-5-3-4-6-21(20)26-23(15)22(24)18-9-7-16(8-10-18)17-11-13-19(25-2)14-12-17/h3-14H,1-2H3. The highest BCUT2D eigenvalue weighted by molar-refractivity contribution is 6.10. The third kappa shape index (κ3) is 2.78. The molecule has 3 heteroatoms. The number of aryl methyl sites for hydroxylation is 1. The lowest BCUT2D eigenvalue weighted by molar-refractivity contribution is 0.101. The number of rotatable bonds is 4. The maximum absolute atomic E-state index is 12.9. The summed E-state index contributed by atoms with van der Waals surface area (Å²) in [6.45, 7) is 1.92. The van der Waals surface area contributed by atoms with Crippen LogP contribution in [0.5, 0.6) is 5.75 Å². The number of hydrogen-bond acceptors (Lipinski definition) is 3. The van der Waals surface area contributed by atoms with Crippen LogP contribution in [0.3, 0.4) is 0 Å². The van der Waals surface area contributed by atoms with Crippen molar-refractivity contribution < 1.29 is 13.9 Å². The van der Waals surface area contributed by atoms with Crippen molar-refractivity contribution in [2.45, 2.75) is 6.92 Å². The molecule has 0 saturated heterocycles. The Labute approximate surface area is 151 Å². The lowest BCUT2D eigenvalue weighted by atomic mass is 10.0. The van der Waals surface area contributed by atoms with E-state index in [9.17, 15) is 4.79 Å². The summed E-state index contributed by atoms with van der Waals surface area (Å²) in [5.74, 6) is 1.13.